The minimum Gasteiger partial charge on any atom is -0.489 e. The van der Waals surface area contributed by atoms with Gasteiger partial charge in [0, 0.05) is 16.1 Å². The predicted octanol–water partition coefficient (Wildman–Crippen LogP) is 4.61. The van der Waals surface area contributed by atoms with Gasteiger partial charge in [0.25, 0.3) is 0 Å². The van der Waals surface area contributed by atoms with E-state index in [1.54, 1.807) is 0 Å². The average molecular weight is 334 g/mol. The summed E-state index contributed by atoms with van der Waals surface area (Å²) >= 11 is 3.47. The maximum atomic E-state index is 5.99. The van der Waals surface area contributed by atoms with Crippen LogP contribution in [-0.2, 0) is 13.0 Å². The van der Waals surface area contributed by atoms with Crippen molar-refractivity contribution in [3.63, 3.8) is 0 Å². The maximum absolute atomic E-state index is 5.99. The molecule has 0 fully saturated rings. The molecule has 20 heavy (non-hydrogen) atoms. The summed E-state index contributed by atoms with van der Waals surface area (Å²) in [6.45, 7) is 4.68. The van der Waals surface area contributed by atoms with Gasteiger partial charge in [0.1, 0.15) is 12.4 Å². The number of halogens is 1. The summed E-state index contributed by atoms with van der Waals surface area (Å²) in [4.78, 5) is 0. The summed E-state index contributed by atoms with van der Waals surface area (Å²) in [6, 6.07) is 14.4. The zero-order valence-corrected chi connectivity index (χ0v) is 13.5. The molecule has 0 saturated heterocycles. The van der Waals surface area contributed by atoms with E-state index in [-0.39, 0.29) is 6.04 Å². The highest BCUT2D eigenvalue weighted by Crippen LogP contribution is 2.28. The fraction of sp³-hybridized carbons (Fsp3) is 0.294. The Morgan fingerprint density at radius 2 is 1.75 bits per heavy atom. The van der Waals surface area contributed by atoms with E-state index in [9.17, 15) is 0 Å². The second-order valence-corrected chi connectivity index (χ2v) is 5.85. The Bertz CT molecular complexity index is 564. The highest BCUT2D eigenvalue weighted by atomic mass is 79.9. The van der Waals surface area contributed by atoms with Crippen molar-refractivity contribution >= 4 is 15.9 Å². The molecule has 0 spiro atoms. The molecular weight excluding hydrogens is 314 g/mol. The fourth-order valence-corrected chi connectivity index (χ4v) is 2.42. The molecule has 0 saturated carbocycles. The maximum Gasteiger partial charge on any atom is 0.124 e. The summed E-state index contributed by atoms with van der Waals surface area (Å²) < 4.78 is 6.93. The van der Waals surface area contributed by atoms with Gasteiger partial charge < -0.3 is 10.5 Å². The van der Waals surface area contributed by atoms with Crippen LogP contribution in [0, 0.1) is 0 Å². The number of hydrogen-bond donors (Lipinski definition) is 1. The first-order chi connectivity index (χ1) is 9.60. The zero-order chi connectivity index (χ0) is 14.5. The van der Waals surface area contributed by atoms with Crippen LogP contribution in [0.4, 0.5) is 0 Å². The molecule has 0 aliphatic carbocycles. The molecule has 0 aromatic heterocycles. The molecule has 0 aliphatic rings. The van der Waals surface area contributed by atoms with Crippen molar-refractivity contribution in [3.05, 3.63) is 63.6 Å². The Kier molecular flexibility index (Phi) is 5.21. The van der Waals surface area contributed by atoms with Gasteiger partial charge in [-0.15, -0.1) is 0 Å². The van der Waals surface area contributed by atoms with Crippen molar-refractivity contribution in [1.29, 1.82) is 0 Å². The minimum atomic E-state index is -0.0510. The largest absolute Gasteiger partial charge is 0.489 e. The molecule has 0 radical (unpaired) electrons. The molecule has 106 valence electrons. The van der Waals surface area contributed by atoms with Crippen LogP contribution in [0.1, 0.15) is 36.6 Å². The van der Waals surface area contributed by atoms with Crippen molar-refractivity contribution in [2.75, 3.05) is 0 Å². The summed E-state index contributed by atoms with van der Waals surface area (Å²) in [5.41, 5.74) is 9.52. The number of benzene rings is 2. The Morgan fingerprint density at radius 3 is 2.35 bits per heavy atom. The molecule has 3 heteroatoms. The summed E-state index contributed by atoms with van der Waals surface area (Å²) in [6.07, 6.45) is 1.06. The molecule has 2 aromatic carbocycles. The van der Waals surface area contributed by atoms with Crippen LogP contribution in [0.25, 0.3) is 0 Å². The van der Waals surface area contributed by atoms with Gasteiger partial charge >= 0.3 is 0 Å². The standard InChI is InChI=1S/C17H20BrNO/c1-3-13-4-6-14(7-5-13)11-20-17-9-8-15(18)10-16(17)12(2)19/h4-10,12H,3,11,19H2,1-2H3/t12-/m0/s1. The van der Waals surface area contributed by atoms with Crippen LogP contribution in [0.15, 0.2) is 46.9 Å². The van der Waals surface area contributed by atoms with Gasteiger partial charge in [0.15, 0.2) is 0 Å². The molecule has 0 aliphatic heterocycles. The van der Waals surface area contributed by atoms with E-state index in [4.69, 9.17) is 10.5 Å². The number of ether oxygens (including phenoxy) is 1. The SMILES string of the molecule is CCc1ccc(COc2ccc(Br)cc2[C@H](C)N)cc1. The third-order valence-corrected chi connectivity index (χ3v) is 3.78. The van der Waals surface area contributed by atoms with Crippen molar-refractivity contribution < 1.29 is 4.74 Å². The third kappa shape index (κ3) is 3.84. The first-order valence-electron chi connectivity index (χ1n) is 6.85. The van der Waals surface area contributed by atoms with Crippen molar-refractivity contribution in [2.24, 2.45) is 5.73 Å². The lowest BCUT2D eigenvalue weighted by molar-refractivity contribution is 0.301. The smallest absolute Gasteiger partial charge is 0.124 e. The van der Waals surface area contributed by atoms with Crippen LogP contribution in [0.3, 0.4) is 0 Å². The summed E-state index contributed by atoms with van der Waals surface area (Å²) in [7, 11) is 0. The van der Waals surface area contributed by atoms with E-state index < -0.39 is 0 Å². The highest BCUT2D eigenvalue weighted by molar-refractivity contribution is 9.10. The van der Waals surface area contributed by atoms with E-state index in [1.807, 2.05) is 25.1 Å². The predicted molar refractivity (Wildman–Crippen MR) is 86.9 cm³/mol. The quantitative estimate of drug-likeness (QED) is 0.867. The molecule has 0 bridgehead atoms. The molecule has 2 N–H and O–H groups in total. The highest BCUT2D eigenvalue weighted by Gasteiger charge is 2.09. The second kappa shape index (κ2) is 6.91. The first kappa shape index (κ1) is 15.1. The third-order valence-electron chi connectivity index (χ3n) is 3.29. The van der Waals surface area contributed by atoms with E-state index >= 15 is 0 Å². The second-order valence-electron chi connectivity index (χ2n) is 4.93. The van der Waals surface area contributed by atoms with Gasteiger partial charge in [-0.1, -0.05) is 47.1 Å². The Morgan fingerprint density at radius 1 is 1.10 bits per heavy atom. The molecular formula is C17H20BrNO. The average Bonchev–Trinajstić information content (AvgIpc) is 2.46. The van der Waals surface area contributed by atoms with Crippen LogP contribution in [-0.4, -0.2) is 0 Å². The van der Waals surface area contributed by atoms with Gasteiger partial charge in [-0.05, 0) is 42.7 Å². The van der Waals surface area contributed by atoms with Crippen molar-refractivity contribution in [2.45, 2.75) is 32.9 Å². The Balaban J connectivity index is 2.10. The molecule has 1 atom stereocenters. The van der Waals surface area contributed by atoms with Crippen LogP contribution >= 0.6 is 15.9 Å². The van der Waals surface area contributed by atoms with E-state index in [1.165, 1.54) is 11.1 Å². The molecule has 2 aromatic rings. The molecule has 2 rings (SSSR count). The molecule has 0 heterocycles. The number of nitrogens with two attached hydrogens (primary N) is 1. The van der Waals surface area contributed by atoms with Gasteiger partial charge in [0.05, 0.1) is 0 Å². The van der Waals surface area contributed by atoms with Gasteiger partial charge in [-0.25, -0.2) is 0 Å². The number of hydrogen-bond acceptors (Lipinski definition) is 2. The van der Waals surface area contributed by atoms with E-state index in [0.717, 1.165) is 22.2 Å². The lowest BCUT2D eigenvalue weighted by atomic mass is 10.1. The first-order valence-corrected chi connectivity index (χ1v) is 7.65. The molecule has 0 unspecified atom stereocenters. The molecule has 0 amide bonds. The zero-order valence-electron chi connectivity index (χ0n) is 11.9. The van der Waals surface area contributed by atoms with Crippen molar-refractivity contribution in [3.8, 4) is 5.75 Å². The monoisotopic (exact) mass is 333 g/mol. The van der Waals surface area contributed by atoms with Crippen LogP contribution < -0.4 is 10.5 Å². The number of aryl methyl sites for hydroxylation is 1. The molecule has 2 nitrogen and oxygen atoms in total. The van der Waals surface area contributed by atoms with Gasteiger partial charge in [-0.3, -0.25) is 0 Å². The topological polar surface area (TPSA) is 35.2 Å². The van der Waals surface area contributed by atoms with Crippen LogP contribution in [0.2, 0.25) is 0 Å². The van der Waals surface area contributed by atoms with Gasteiger partial charge in [0.2, 0.25) is 0 Å². The summed E-state index contributed by atoms with van der Waals surface area (Å²) in [5.74, 6) is 0.850. The summed E-state index contributed by atoms with van der Waals surface area (Å²) in [5, 5.41) is 0. The minimum absolute atomic E-state index is 0.0510. The number of rotatable bonds is 5. The lowest BCUT2D eigenvalue weighted by Crippen LogP contribution is -2.08. The lowest BCUT2D eigenvalue weighted by Gasteiger charge is -2.14. The van der Waals surface area contributed by atoms with Gasteiger partial charge in [-0.2, -0.15) is 0 Å². The van der Waals surface area contributed by atoms with E-state index in [0.29, 0.717) is 6.61 Å². The van der Waals surface area contributed by atoms with Crippen LogP contribution in [0.5, 0.6) is 5.75 Å². The Labute approximate surface area is 129 Å². The van der Waals surface area contributed by atoms with E-state index in [2.05, 4.69) is 47.1 Å². The normalized spacial score (nSPS) is 12.2. The Hall–Kier alpha value is -1.32. The van der Waals surface area contributed by atoms with Crippen molar-refractivity contribution in [1.82, 2.24) is 0 Å². The fourth-order valence-electron chi connectivity index (χ4n) is 2.04.